The van der Waals surface area contributed by atoms with Gasteiger partial charge < -0.3 is 4.90 Å². The maximum atomic E-state index is 13.1. The van der Waals surface area contributed by atoms with Gasteiger partial charge in [-0.15, -0.1) is 0 Å². The molecule has 0 unspecified atom stereocenters. The second-order valence-electron chi connectivity index (χ2n) is 8.16. The molecule has 0 bridgehead atoms. The van der Waals surface area contributed by atoms with Gasteiger partial charge in [-0.05, 0) is 65.2 Å². The quantitative estimate of drug-likeness (QED) is 0.428. The average molecular weight is 536 g/mol. The lowest BCUT2D eigenvalue weighted by molar-refractivity contribution is 0.0628. The second kappa shape index (κ2) is 9.96. The fraction of sp³-hybridized carbons (Fsp3) is 0.333. The number of halogens is 3. The Kier molecular flexibility index (Phi) is 7.25. The van der Waals surface area contributed by atoms with Crippen molar-refractivity contribution in [2.24, 2.45) is 0 Å². The molecule has 5 nitrogen and oxygen atoms in total. The van der Waals surface area contributed by atoms with Gasteiger partial charge in [0.05, 0.1) is 32.5 Å². The average Bonchev–Trinajstić information content (AvgIpc) is 3.03. The molecule has 1 aliphatic heterocycles. The smallest absolute Gasteiger partial charge is 0.253 e. The number of hydrogen-bond donors (Lipinski definition) is 0. The summed E-state index contributed by atoms with van der Waals surface area (Å²) in [6.07, 6.45) is 0. The number of amides is 1. The summed E-state index contributed by atoms with van der Waals surface area (Å²) >= 11 is 15.7. The van der Waals surface area contributed by atoms with Crippen LogP contribution in [0.15, 0.2) is 46.9 Å². The van der Waals surface area contributed by atoms with Crippen molar-refractivity contribution >= 4 is 45.0 Å². The zero-order chi connectivity index (χ0) is 22.8. The van der Waals surface area contributed by atoms with Gasteiger partial charge in [-0.1, -0.05) is 41.4 Å². The maximum absolute atomic E-state index is 13.1. The second-order valence-corrected chi connectivity index (χ2v) is 9.77. The number of benzene rings is 2. The van der Waals surface area contributed by atoms with Gasteiger partial charge in [0.15, 0.2) is 0 Å². The van der Waals surface area contributed by atoms with Crippen molar-refractivity contribution < 1.29 is 4.79 Å². The van der Waals surface area contributed by atoms with Crippen molar-refractivity contribution in [1.29, 1.82) is 0 Å². The third kappa shape index (κ3) is 5.20. The van der Waals surface area contributed by atoms with E-state index in [4.69, 9.17) is 23.2 Å². The molecule has 4 rings (SSSR count). The molecule has 3 aromatic rings. The van der Waals surface area contributed by atoms with E-state index in [9.17, 15) is 4.79 Å². The summed E-state index contributed by atoms with van der Waals surface area (Å²) < 4.78 is 2.99. The van der Waals surface area contributed by atoms with Gasteiger partial charge in [-0.25, -0.2) is 0 Å². The number of aryl methyl sites for hydroxylation is 1. The van der Waals surface area contributed by atoms with E-state index in [1.165, 1.54) is 0 Å². The van der Waals surface area contributed by atoms with E-state index in [1.807, 2.05) is 65.9 Å². The largest absolute Gasteiger partial charge is 0.336 e. The fourth-order valence-corrected chi connectivity index (χ4v) is 4.60. The van der Waals surface area contributed by atoms with Gasteiger partial charge in [0.1, 0.15) is 0 Å². The minimum atomic E-state index is 0.0792. The molecule has 0 spiro atoms. The van der Waals surface area contributed by atoms with Crippen LogP contribution in [0.4, 0.5) is 0 Å². The molecule has 1 aromatic heterocycles. The van der Waals surface area contributed by atoms with Crippen LogP contribution in [0.3, 0.4) is 0 Å². The number of hydrogen-bond acceptors (Lipinski definition) is 3. The Bertz CT molecular complexity index is 1140. The Hall–Kier alpha value is -1.86. The summed E-state index contributed by atoms with van der Waals surface area (Å²) in [4.78, 5) is 17.4. The van der Waals surface area contributed by atoms with E-state index in [0.29, 0.717) is 29.7 Å². The van der Waals surface area contributed by atoms with Crippen LogP contribution in [0, 0.1) is 13.8 Å². The van der Waals surface area contributed by atoms with Crippen molar-refractivity contribution in [3.63, 3.8) is 0 Å². The highest BCUT2D eigenvalue weighted by atomic mass is 79.9. The third-order valence-corrected chi connectivity index (χ3v) is 7.74. The summed E-state index contributed by atoms with van der Waals surface area (Å²) in [5, 5.41) is 5.72. The summed E-state index contributed by atoms with van der Waals surface area (Å²) in [6.45, 7) is 8.51. The highest BCUT2D eigenvalue weighted by Gasteiger charge is 2.22. The van der Waals surface area contributed by atoms with Crippen LogP contribution in [-0.2, 0) is 13.1 Å². The Morgan fingerprint density at radius 1 is 0.969 bits per heavy atom. The van der Waals surface area contributed by atoms with Crippen LogP contribution >= 0.6 is 39.1 Å². The van der Waals surface area contributed by atoms with Crippen LogP contribution < -0.4 is 0 Å². The van der Waals surface area contributed by atoms with Crippen LogP contribution in [-0.4, -0.2) is 51.7 Å². The number of carbonyl (C=O) groups excluding carboxylic acids is 1. The van der Waals surface area contributed by atoms with Gasteiger partial charge >= 0.3 is 0 Å². The molecule has 0 saturated carbocycles. The van der Waals surface area contributed by atoms with Crippen molar-refractivity contribution in [3.05, 3.63) is 85.1 Å². The van der Waals surface area contributed by atoms with Crippen LogP contribution in [0.1, 0.15) is 32.9 Å². The van der Waals surface area contributed by atoms with E-state index in [0.717, 1.165) is 52.2 Å². The molecule has 0 aliphatic carbocycles. The highest BCUT2D eigenvalue weighted by molar-refractivity contribution is 9.10. The molecule has 32 heavy (non-hydrogen) atoms. The van der Waals surface area contributed by atoms with E-state index >= 15 is 0 Å². The van der Waals surface area contributed by atoms with Crippen molar-refractivity contribution in [2.75, 3.05) is 26.2 Å². The summed E-state index contributed by atoms with van der Waals surface area (Å²) in [6, 6.07) is 13.6. The number of aromatic nitrogens is 2. The van der Waals surface area contributed by atoms with E-state index in [2.05, 4.69) is 25.9 Å². The van der Waals surface area contributed by atoms with Gasteiger partial charge in [-0.3, -0.25) is 14.4 Å². The van der Waals surface area contributed by atoms with Gasteiger partial charge in [-0.2, -0.15) is 5.10 Å². The Morgan fingerprint density at radius 3 is 2.34 bits per heavy atom. The Labute approximate surface area is 207 Å². The molecule has 0 radical (unpaired) electrons. The number of rotatable bonds is 5. The summed E-state index contributed by atoms with van der Waals surface area (Å²) in [5.74, 6) is 0.0792. The van der Waals surface area contributed by atoms with Crippen LogP contribution in [0.2, 0.25) is 10.0 Å². The molecule has 168 valence electrons. The Morgan fingerprint density at radius 2 is 1.69 bits per heavy atom. The number of carbonyl (C=O) groups is 1. The maximum Gasteiger partial charge on any atom is 0.253 e. The summed E-state index contributed by atoms with van der Waals surface area (Å²) in [5.41, 5.74) is 4.96. The van der Waals surface area contributed by atoms with Crippen molar-refractivity contribution in [1.82, 2.24) is 19.6 Å². The first-order valence-corrected chi connectivity index (χ1v) is 12.1. The van der Waals surface area contributed by atoms with Gasteiger partial charge in [0, 0.05) is 38.3 Å². The first-order chi connectivity index (χ1) is 15.3. The summed E-state index contributed by atoms with van der Waals surface area (Å²) in [7, 11) is 0. The Balaban J connectivity index is 1.37. The first-order valence-electron chi connectivity index (χ1n) is 10.6. The van der Waals surface area contributed by atoms with Gasteiger partial charge in [0.2, 0.25) is 0 Å². The first kappa shape index (κ1) is 23.3. The lowest BCUT2D eigenvalue weighted by atomic mass is 10.1. The molecule has 1 aliphatic rings. The minimum absolute atomic E-state index is 0.0792. The molecule has 1 saturated heterocycles. The number of piperazine rings is 1. The molecule has 0 N–H and O–H groups in total. The predicted octanol–water partition coefficient (Wildman–Crippen LogP) is 5.58. The molecule has 1 amide bonds. The SMILES string of the molecule is Cc1nn(Cc2cccc(C(=O)N3CCN(Cc4ccc(Cl)c(Cl)c4)CC3)c2)c(C)c1Br. The van der Waals surface area contributed by atoms with E-state index in [1.54, 1.807) is 0 Å². The standard InChI is InChI=1S/C24H25BrCl2N4O/c1-16-23(25)17(2)31(28-16)15-18-4-3-5-20(12-18)24(32)30-10-8-29(9-11-30)14-19-6-7-21(26)22(27)13-19/h3-7,12-13H,8-11,14-15H2,1-2H3. The predicted molar refractivity (Wildman–Crippen MR) is 133 cm³/mol. The van der Waals surface area contributed by atoms with E-state index in [-0.39, 0.29) is 5.91 Å². The van der Waals surface area contributed by atoms with Crippen LogP contribution in [0.25, 0.3) is 0 Å². The third-order valence-electron chi connectivity index (χ3n) is 5.85. The zero-order valence-corrected chi connectivity index (χ0v) is 21.2. The van der Waals surface area contributed by atoms with E-state index < -0.39 is 0 Å². The fourth-order valence-electron chi connectivity index (χ4n) is 3.99. The molecule has 0 atom stereocenters. The van der Waals surface area contributed by atoms with Crippen LogP contribution in [0.5, 0.6) is 0 Å². The molecule has 1 fully saturated rings. The van der Waals surface area contributed by atoms with Crippen molar-refractivity contribution in [2.45, 2.75) is 26.9 Å². The lowest BCUT2D eigenvalue weighted by Crippen LogP contribution is -2.48. The van der Waals surface area contributed by atoms with Crippen molar-refractivity contribution in [3.8, 4) is 0 Å². The molecular weight excluding hydrogens is 511 g/mol. The highest BCUT2D eigenvalue weighted by Crippen LogP contribution is 2.24. The van der Waals surface area contributed by atoms with Gasteiger partial charge in [0.25, 0.3) is 5.91 Å². The molecule has 8 heteroatoms. The normalized spacial score (nSPS) is 14.7. The molecule has 2 aromatic carbocycles. The molecule has 2 heterocycles. The monoisotopic (exact) mass is 534 g/mol. The topological polar surface area (TPSA) is 41.4 Å². The zero-order valence-electron chi connectivity index (χ0n) is 18.1. The number of nitrogens with zero attached hydrogens (tertiary/aromatic N) is 4. The minimum Gasteiger partial charge on any atom is -0.336 e. The lowest BCUT2D eigenvalue weighted by Gasteiger charge is -2.35. The molecular formula is C24H25BrCl2N4O.